The van der Waals surface area contributed by atoms with Gasteiger partial charge in [0.2, 0.25) is 0 Å². The number of aliphatic imine (C=N–C) groups is 2. The normalized spacial score (nSPS) is 14.7. The summed E-state index contributed by atoms with van der Waals surface area (Å²) < 4.78 is 2.44. The second-order valence-electron chi connectivity index (χ2n) is 18.8. The summed E-state index contributed by atoms with van der Waals surface area (Å²) in [5.41, 5.74) is 16.2. The molecule has 0 saturated heterocycles. The van der Waals surface area contributed by atoms with Gasteiger partial charge in [-0.05, 0) is 115 Å². The molecule has 4 heteroatoms. The minimum atomic E-state index is -0.492. The maximum Gasteiger partial charge on any atom is 0.154 e. The van der Waals surface area contributed by atoms with E-state index in [4.69, 9.17) is 9.98 Å². The number of hydrogen-bond donors (Lipinski definition) is 0. The summed E-state index contributed by atoms with van der Waals surface area (Å²) in [6.45, 7) is 0.544. The fourth-order valence-electron chi connectivity index (χ4n) is 11.9. The molecule has 71 heavy (non-hydrogen) atoms. The van der Waals surface area contributed by atoms with Crippen LogP contribution < -0.4 is 4.90 Å². The second-order valence-corrected chi connectivity index (χ2v) is 18.8. The number of para-hydroxylation sites is 1. The largest absolute Gasteiger partial charge is 0.331 e. The molecule has 11 aromatic carbocycles. The number of benzene rings is 11. The Morgan fingerprint density at radius 3 is 1.76 bits per heavy atom. The third kappa shape index (κ3) is 6.45. The monoisotopic (exact) mass is 906 g/mol. The van der Waals surface area contributed by atoms with Gasteiger partial charge < -0.3 is 9.47 Å². The van der Waals surface area contributed by atoms with E-state index in [0.29, 0.717) is 6.54 Å². The zero-order valence-corrected chi connectivity index (χ0v) is 38.9. The van der Waals surface area contributed by atoms with Gasteiger partial charge in [0.15, 0.2) is 5.84 Å². The highest BCUT2D eigenvalue weighted by molar-refractivity contribution is 6.16. The molecule has 14 rings (SSSR count). The lowest BCUT2D eigenvalue weighted by Crippen LogP contribution is -2.37. The lowest BCUT2D eigenvalue weighted by Gasteiger charge is -2.34. The average molecular weight is 907 g/mol. The van der Waals surface area contributed by atoms with Gasteiger partial charge in [0.05, 0.1) is 34.7 Å². The van der Waals surface area contributed by atoms with E-state index >= 15 is 0 Å². The van der Waals surface area contributed by atoms with Crippen molar-refractivity contribution in [2.24, 2.45) is 9.98 Å². The SMILES string of the molecule is C1=NC(c2ccc3c(c2)c2ccccc2n3-c2ccc3c(c2)C(c2ccccc2)(c2ccccc2)c2ccccc2-3)=NCC1N(c1ccc(-c2ccccc2)cc1)c1cc2ccccc2c2ccccc12. The molecule has 0 fully saturated rings. The molecule has 334 valence electrons. The third-order valence-corrected chi connectivity index (χ3v) is 15.0. The average Bonchev–Trinajstić information content (AvgIpc) is 3.94. The van der Waals surface area contributed by atoms with Crippen LogP contribution in [0.2, 0.25) is 0 Å². The number of anilines is 2. The van der Waals surface area contributed by atoms with Crippen LogP contribution in [0.3, 0.4) is 0 Å². The Hall–Kier alpha value is -9.12. The molecule has 1 aliphatic carbocycles. The van der Waals surface area contributed by atoms with E-state index in [-0.39, 0.29) is 6.04 Å². The van der Waals surface area contributed by atoms with E-state index in [2.05, 4.69) is 270 Å². The van der Waals surface area contributed by atoms with E-state index in [1.165, 1.54) is 76.8 Å². The minimum Gasteiger partial charge on any atom is -0.331 e. The molecule has 1 unspecified atom stereocenters. The van der Waals surface area contributed by atoms with Crippen LogP contribution >= 0.6 is 0 Å². The van der Waals surface area contributed by atoms with Gasteiger partial charge in [0.25, 0.3) is 0 Å². The Labute approximate surface area is 412 Å². The number of amidine groups is 1. The van der Waals surface area contributed by atoms with Crippen LogP contribution in [0.1, 0.15) is 27.8 Å². The molecular formula is C67H46N4. The number of fused-ring (bicyclic) bond motifs is 9. The molecule has 0 saturated carbocycles. The van der Waals surface area contributed by atoms with Crippen molar-refractivity contribution >= 4 is 66.8 Å². The van der Waals surface area contributed by atoms with Gasteiger partial charge in [-0.2, -0.15) is 0 Å². The summed E-state index contributed by atoms with van der Waals surface area (Å²) >= 11 is 0. The van der Waals surface area contributed by atoms with E-state index in [0.717, 1.165) is 39.5 Å². The lowest BCUT2D eigenvalue weighted by molar-refractivity contribution is 0.767. The highest BCUT2D eigenvalue weighted by Crippen LogP contribution is 2.56. The van der Waals surface area contributed by atoms with Gasteiger partial charge in [-0.15, -0.1) is 0 Å². The first-order valence-electron chi connectivity index (χ1n) is 24.6. The van der Waals surface area contributed by atoms with E-state index in [9.17, 15) is 0 Å². The number of nitrogens with zero attached hydrogens (tertiary/aromatic N) is 4. The summed E-state index contributed by atoms with van der Waals surface area (Å²) in [6, 6.07) is 92.9. The van der Waals surface area contributed by atoms with Crippen molar-refractivity contribution in [2.75, 3.05) is 11.4 Å². The number of hydrogen-bond acceptors (Lipinski definition) is 3. The van der Waals surface area contributed by atoms with Crippen molar-refractivity contribution in [3.63, 3.8) is 0 Å². The molecule has 1 aromatic heterocycles. The van der Waals surface area contributed by atoms with Gasteiger partial charge in [-0.1, -0.05) is 200 Å². The maximum atomic E-state index is 5.32. The summed E-state index contributed by atoms with van der Waals surface area (Å²) in [5, 5.41) is 7.23. The van der Waals surface area contributed by atoms with Gasteiger partial charge in [-0.3, -0.25) is 4.99 Å². The molecule has 2 heterocycles. The Balaban J connectivity index is 0.867. The Morgan fingerprint density at radius 2 is 1.01 bits per heavy atom. The first kappa shape index (κ1) is 40.9. The lowest BCUT2D eigenvalue weighted by atomic mass is 9.67. The topological polar surface area (TPSA) is 32.9 Å². The van der Waals surface area contributed by atoms with Crippen molar-refractivity contribution in [3.8, 4) is 27.9 Å². The predicted octanol–water partition coefficient (Wildman–Crippen LogP) is 16.2. The van der Waals surface area contributed by atoms with Crippen LogP contribution in [0.15, 0.2) is 265 Å². The van der Waals surface area contributed by atoms with Gasteiger partial charge >= 0.3 is 0 Å². The van der Waals surface area contributed by atoms with Crippen LogP contribution in [-0.4, -0.2) is 29.2 Å². The van der Waals surface area contributed by atoms with Gasteiger partial charge in [-0.25, -0.2) is 4.99 Å². The minimum absolute atomic E-state index is 0.124. The predicted molar refractivity (Wildman–Crippen MR) is 297 cm³/mol. The van der Waals surface area contributed by atoms with Crippen LogP contribution in [-0.2, 0) is 5.41 Å². The summed E-state index contributed by atoms with van der Waals surface area (Å²) in [5.74, 6) is 0.744. The van der Waals surface area contributed by atoms with Gasteiger partial charge in [0, 0.05) is 39.3 Å². The molecular weight excluding hydrogens is 861 g/mol. The van der Waals surface area contributed by atoms with Crippen LogP contribution in [0, 0.1) is 0 Å². The quantitative estimate of drug-likeness (QED) is 0.140. The zero-order valence-electron chi connectivity index (χ0n) is 38.9. The highest BCUT2D eigenvalue weighted by atomic mass is 15.2. The fourth-order valence-corrected chi connectivity index (χ4v) is 11.9. The Morgan fingerprint density at radius 1 is 0.423 bits per heavy atom. The molecule has 1 atom stereocenters. The van der Waals surface area contributed by atoms with E-state index in [1.54, 1.807) is 0 Å². The van der Waals surface area contributed by atoms with Crippen LogP contribution in [0.25, 0.3) is 71.3 Å². The van der Waals surface area contributed by atoms with Gasteiger partial charge in [0.1, 0.15) is 0 Å². The first-order valence-corrected chi connectivity index (χ1v) is 24.6. The molecule has 12 aromatic rings. The molecule has 0 spiro atoms. The molecule has 0 amide bonds. The zero-order chi connectivity index (χ0) is 46.9. The Bertz CT molecular complexity index is 4040. The third-order valence-electron chi connectivity index (χ3n) is 15.0. The van der Waals surface area contributed by atoms with E-state index in [1.807, 2.05) is 0 Å². The molecule has 1 aliphatic heterocycles. The van der Waals surface area contributed by atoms with Crippen molar-refractivity contribution in [1.82, 2.24) is 4.57 Å². The highest BCUT2D eigenvalue weighted by Gasteiger charge is 2.46. The molecule has 4 nitrogen and oxygen atoms in total. The van der Waals surface area contributed by atoms with Crippen LogP contribution in [0.5, 0.6) is 0 Å². The number of aromatic nitrogens is 1. The van der Waals surface area contributed by atoms with Crippen LogP contribution in [0.4, 0.5) is 11.4 Å². The summed E-state index contributed by atoms with van der Waals surface area (Å²) in [4.78, 5) is 13.0. The maximum absolute atomic E-state index is 5.32. The van der Waals surface area contributed by atoms with Crippen molar-refractivity contribution in [1.29, 1.82) is 0 Å². The number of rotatable bonds is 8. The summed E-state index contributed by atoms with van der Waals surface area (Å²) in [7, 11) is 0. The molecule has 0 N–H and O–H groups in total. The Kier molecular flexibility index (Phi) is 9.53. The summed E-state index contributed by atoms with van der Waals surface area (Å²) in [6.07, 6.45) is 2.11. The smallest absolute Gasteiger partial charge is 0.154 e. The fraction of sp³-hybridized carbons (Fsp3) is 0.0448. The molecule has 0 bridgehead atoms. The van der Waals surface area contributed by atoms with Crippen molar-refractivity contribution in [2.45, 2.75) is 11.5 Å². The first-order chi connectivity index (χ1) is 35.2. The van der Waals surface area contributed by atoms with Crippen molar-refractivity contribution in [3.05, 3.63) is 283 Å². The van der Waals surface area contributed by atoms with E-state index < -0.39 is 5.41 Å². The molecule has 0 radical (unpaired) electrons. The van der Waals surface area contributed by atoms with Crippen molar-refractivity contribution < 1.29 is 0 Å². The standard InChI is InChI=1S/C67H46N4/c1-4-18-45(19-5-1)46-32-35-51(36-33-46)70(65-41-47-20-10-11-25-54(47)55-26-12-13-28-58(55)65)53-43-68-66(69-44-53)48-34-39-64-60(40-48)59-29-15-17-31-63(59)71(64)52-37-38-57-56-27-14-16-30-61(56)67(62(57)42-52,49-21-6-2-7-22-49)50-23-8-3-9-24-50/h1-43,53H,44H2. The molecule has 2 aliphatic rings. The second kappa shape index (κ2) is 16.5.